The number of hydrogen-bond acceptors (Lipinski definition) is 3. The standard InChI is InChI=1S/C13H14BrCl2NO3S/c1-7-3-8(7)6-17(2)13(18)10-4-9(14)5-11(12(10)15)21(16,19)20/h4-5,7-8H,3,6H2,1-2H3. The van der Waals surface area contributed by atoms with E-state index in [1.165, 1.54) is 12.1 Å². The Balaban J connectivity index is 2.34. The van der Waals surface area contributed by atoms with Crippen LogP contribution in [-0.2, 0) is 9.05 Å². The summed E-state index contributed by atoms with van der Waals surface area (Å²) >= 11 is 9.23. The van der Waals surface area contributed by atoms with E-state index >= 15 is 0 Å². The first-order valence-corrected chi connectivity index (χ1v) is 9.78. The number of hydrogen-bond donors (Lipinski definition) is 0. The Morgan fingerprint density at radius 2 is 2.05 bits per heavy atom. The molecular formula is C13H14BrCl2NO3S. The Kier molecular flexibility index (Phi) is 4.93. The van der Waals surface area contributed by atoms with Gasteiger partial charge < -0.3 is 4.90 Å². The molecule has 21 heavy (non-hydrogen) atoms. The molecule has 1 amide bonds. The number of rotatable bonds is 4. The van der Waals surface area contributed by atoms with Crippen molar-refractivity contribution in [2.24, 2.45) is 11.8 Å². The highest BCUT2D eigenvalue weighted by Crippen LogP contribution is 2.38. The van der Waals surface area contributed by atoms with Crippen molar-refractivity contribution in [3.63, 3.8) is 0 Å². The molecule has 0 aliphatic heterocycles. The Morgan fingerprint density at radius 3 is 2.52 bits per heavy atom. The summed E-state index contributed by atoms with van der Waals surface area (Å²) in [6.07, 6.45) is 1.10. The fourth-order valence-electron chi connectivity index (χ4n) is 2.19. The van der Waals surface area contributed by atoms with Crippen LogP contribution in [0.2, 0.25) is 5.02 Å². The molecule has 0 heterocycles. The summed E-state index contributed by atoms with van der Waals surface area (Å²) in [6, 6.07) is 2.79. The Bertz CT molecular complexity index is 693. The van der Waals surface area contributed by atoms with Gasteiger partial charge in [0.25, 0.3) is 15.0 Å². The molecule has 2 atom stereocenters. The average Bonchev–Trinajstić information content (AvgIpc) is 3.05. The van der Waals surface area contributed by atoms with Crippen LogP contribution < -0.4 is 0 Å². The van der Waals surface area contributed by atoms with E-state index in [9.17, 15) is 13.2 Å². The first-order valence-electron chi connectivity index (χ1n) is 6.30. The van der Waals surface area contributed by atoms with E-state index in [0.29, 0.717) is 22.9 Å². The highest BCUT2D eigenvalue weighted by atomic mass is 79.9. The number of carbonyl (C=O) groups excluding carboxylic acids is 1. The second-order valence-electron chi connectivity index (χ2n) is 5.36. The SMILES string of the molecule is CC1CC1CN(C)C(=O)c1cc(Br)cc(S(=O)(=O)Cl)c1Cl. The summed E-state index contributed by atoms with van der Waals surface area (Å²) in [6.45, 7) is 2.76. The highest BCUT2D eigenvalue weighted by molar-refractivity contribution is 9.10. The number of carbonyl (C=O) groups is 1. The summed E-state index contributed by atoms with van der Waals surface area (Å²) in [7, 11) is 3.01. The maximum absolute atomic E-state index is 12.4. The van der Waals surface area contributed by atoms with Crippen molar-refractivity contribution in [2.45, 2.75) is 18.2 Å². The van der Waals surface area contributed by atoms with E-state index in [1.807, 2.05) is 0 Å². The van der Waals surface area contributed by atoms with Gasteiger partial charge in [0.15, 0.2) is 0 Å². The Labute approximate surface area is 142 Å². The molecule has 0 bridgehead atoms. The van der Waals surface area contributed by atoms with Crippen LogP contribution in [0.5, 0.6) is 0 Å². The molecule has 1 fully saturated rings. The minimum Gasteiger partial charge on any atom is -0.341 e. The van der Waals surface area contributed by atoms with Gasteiger partial charge in [-0.1, -0.05) is 34.5 Å². The summed E-state index contributed by atoms with van der Waals surface area (Å²) in [5.74, 6) is 0.806. The van der Waals surface area contributed by atoms with Crippen LogP contribution in [0.4, 0.5) is 0 Å². The fraction of sp³-hybridized carbons (Fsp3) is 0.462. The van der Waals surface area contributed by atoms with Gasteiger partial charge >= 0.3 is 0 Å². The molecule has 2 unspecified atom stereocenters. The van der Waals surface area contributed by atoms with Crippen LogP contribution in [0.1, 0.15) is 23.7 Å². The first-order chi connectivity index (χ1) is 9.61. The van der Waals surface area contributed by atoms with Crippen molar-refractivity contribution in [1.82, 2.24) is 4.90 Å². The molecule has 4 nitrogen and oxygen atoms in total. The van der Waals surface area contributed by atoms with E-state index < -0.39 is 9.05 Å². The largest absolute Gasteiger partial charge is 0.341 e. The highest BCUT2D eigenvalue weighted by Gasteiger charge is 2.35. The third-order valence-electron chi connectivity index (χ3n) is 3.63. The second-order valence-corrected chi connectivity index (χ2v) is 9.19. The van der Waals surface area contributed by atoms with Crippen molar-refractivity contribution < 1.29 is 13.2 Å². The summed E-state index contributed by atoms with van der Waals surface area (Å²) in [5.41, 5.74) is 0.126. The lowest BCUT2D eigenvalue weighted by atomic mass is 10.2. The normalized spacial score (nSPS) is 21.2. The summed E-state index contributed by atoms with van der Waals surface area (Å²) in [5, 5.41) is -0.145. The van der Waals surface area contributed by atoms with Gasteiger partial charge in [0, 0.05) is 28.7 Å². The van der Waals surface area contributed by atoms with Gasteiger partial charge in [-0.15, -0.1) is 0 Å². The maximum Gasteiger partial charge on any atom is 0.262 e. The lowest BCUT2D eigenvalue weighted by molar-refractivity contribution is 0.0787. The Morgan fingerprint density at radius 1 is 1.48 bits per heavy atom. The molecule has 1 aliphatic carbocycles. The molecule has 1 saturated carbocycles. The molecule has 8 heteroatoms. The summed E-state index contributed by atoms with van der Waals surface area (Å²) < 4.78 is 23.5. The average molecular weight is 415 g/mol. The van der Waals surface area contributed by atoms with Gasteiger partial charge in [-0.3, -0.25) is 4.79 Å². The number of amides is 1. The lowest BCUT2D eigenvalue weighted by Crippen LogP contribution is -2.29. The van der Waals surface area contributed by atoms with E-state index in [1.54, 1.807) is 11.9 Å². The molecule has 1 aromatic carbocycles. The van der Waals surface area contributed by atoms with Crippen LogP contribution in [-0.4, -0.2) is 32.8 Å². The quantitative estimate of drug-likeness (QED) is 0.704. The molecule has 0 N–H and O–H groups in total. The van der Waals surface area contributed by atoms with Crippen molar-refractivity contribution in [3.8, 4) is 0 Å². The predicted molar refractivity (Wildman–Crippen MR) is 86.4 cm³/mol. The summed E-state index contributed by atoms with van der Waals surface area (Å²) in [4.78, 5) is 13.7. The van der Waals surface area contributed by atoms with E-state index in [0.717, 1.165) is 6.42 Å². The van der Waals surface area contributed by atoms with E-state index in [4.69, 9.17) is 22.3 Å². The minimum absolute atomic E-state index is 0.126. The fourth-order valence-corrected chi connectivity index (χ4v) is 4.37. The number of nitrogens with zero attached hydrogens (tertiary/aromatic N) is 1. The number of halogens is 3. The van der Waals surface area contributed by atoms with Crippen LogP contribution in [0.15, 0.2) is 21.5 Å². The zero-order valence-corrected chi connectivity index (χ0v) is 15.4. The molecular weight excluding hydrogens is 401 g/mol. The van der Waals surface area contributed by atoms with Crippen molar-refractivity contribution in [1.29, 1.82) is 0 Å². The number of benzene rings is 1. The van der Waals surface area contributed by atoms with E-state index in [-0.39, 0.29) is 21.4 Å². The molecule has 2 rings (SSSR count). The topological polar surface area (TPSA) is 54.5 Å². The molecule has 116 valence electrons. The van der Waals surface area contributed by atoms with Gasteiger partial charge in [-0.25, -0.2) is 8.42 Å². The molecule has 1 aliphatic rings. The van der Waals surface area contributed by atoms with Crippen LogP contribution >= 0.6 is 38.2 Å². The molecule has 0 saturated heterocycles. The maximum atomic E-state index is 12.4. The van der Waals surface area contributed by atoms with E-state index in [2.05, 4.69) is 22.9 Å². The third-order valence-corrected chi connectivity index (χ3v) is 5.95. The monoisotopic (exact) mass is 413 g/mol. The van der Waals surface area contributed by atoms with Gasteiger partial charge in [0.05, 0.1) is 10.6 Å². The molecule has 0 aromatic heterocycles. The minimum atomic E-state index is -4.02. The smallest absolute Gasteiger partial charge is 0.262 e. The zero-order chi connectivity index (χ0) is 15.9. The third kappa shape index (κ3) is 3.92. The first kappa shape index (κ1) is 17.1. The van der Waals surface area contributed by atoms with Gasteiger partial charge in [0.1, 0.15) is 4.90 Å². The van der Waals surface area contributed by atoms with Gasteiger partial charge in [-0.2, -0.15) is 0 Å². The molecule has 1 aromatic rings. The zero-order valence-electron chi connectivity index (χ0n) is 11.4. The van der Waals surface area contributed by atoms with Crippen LogP contribution in [0.3, 0.4) is 0 Å². The van der Waals surface area contributed by atoms with Crippen molar-refractivity contribution in [3.05, 3.63) is 27.2 Å². The van der Waals surface area contributed by atoms with Crippen LogP contribution in [0.25, 0.3) is 0 Å². The van der Waals surface area contributed by atoms with Gasteiger partial charge in [0.2, 0.25) is 0 Å². The van der Waals surface area contributed by atoms with Gasteiger partial charge in [-0.05, 0) is 30.4 Å². The Hall–Kier alpha value is -0.300. The van der Waals surface area contributed by atoms with Crippen LogP contribution in [0, 0.1) is 11.8 Å². The lowest BCUT2D eigenvalue weighted by Gasteiger charge is -2.18. The molecule has 0 radical (unpaired) electrons. The second kappa shape index (κ2) is 6.07. The molecule has 0 spiro atoms. The van der Waals surface area contributed by atoms with Crippen molar-refractivity contribution in [2.75, 3.05) is 13.6 Å². The van der Waals surface area contributed by atoms with Crippen molar-refractivity contribution >= 4 is 53.2 Å². The predicted octanol–water partition coefficient (Wildman–Crippen LogP) is 3.76.